The van der Waals surface area contributed by atoms with E-state index < -0.39 is 5.97 Å². The van der Waals surface area contributed by atoms with Gasteiger partial charge in [0.15, 0.2) is 11.0 Å². The molecular weight excluding hydrogens is 291 g/mol. The number of fused-ring (bicyclic) bond motifs is 1. The highest BCUT2D eigenvalue weighted by molar-refractivity contribution is 7.99. The zero-order valence-electron chi connectivity index (χ0n) is 12.3. The summed E-state index contributed by atoms with van der Waals surface area (Å²) in [5.74, 6) is -1.02. The van der Waals surface area contributed by atoms with E-state index in [1.165, 1.54) is 6.07 Å². The Morgan fingerprint density at radius 2 is 2.19 bits per heavy atom. The number of imidazole rings is 1. The molecule has 0 radical (unpaired) electrons. The smallest absolute Gasteiger partial charge is 0.313 e. The van der Waals surface area contributed by atoms with Gasteiger partial charge in [-0.2, -0.15) is 0 Å². The standard InChI is InChI=1S/C15H19FN2O2S/c1-4-11(9(2)3)18-12-7-5-6-10(16)14(12)17-15(18)21-8-13(19)20/h5-7,9,11H,4,8H2,1-3H3,(H,19,20). The molecule has 0 saturated heterocycles. The van der Waals surface area contributed by atoms with Crippen LogP contribution in [-0.4, -0.2) is 26.4 Å². The summed E-state index contributed by atoms with van der Waals surface area (Å²) < 4.78 is 15.9. The van der Waals surface area contributed by atoms with E-state index in [4.69, 9.17) is 5.11 Å². The molecule has 4 nitrogen and oxygen atoms in total. The lowest BCUT2D eigenvalue weighted by Crippen LogP contribution is -2.15. The lowest BCUT2D eigenvalue weighted by Gasteiger charge is -2.23. The third-order valence-corrected chi connectivity index (χ3v) is 4.42. The molecule has 0 aliphatic heterocycles. The largest absolute Gasteiger partial charge is 0.481 e. The molecule has 0 fully saturated rings. The molecule has 6 heteroatoms. The van der Waals surface area contributed by atoms with Crippen molar-refractivity contribution in [2.24, 2.45) is 5.92 Å². The third kappa shape index (κ3) is 3.20. The Kier molecular flexibility index (Phi) is 4.88. The molecule has 1 aromatic carbocycles. The van der Waals surface area contributed by atoms with Crippen LogP contribution in [0.4, 0.5) is 4.39 Å². The molecule has 0 aliphatic rings. The zero-order chi connectivity index (χ0) is 15.6. The molecule has 1 N–H and O–H groups in total. The van der Waals surface area contributed by atoms with E-state index >= 15 is 0 Å². The highest BCUT2D eigenvalue weighted by atomic mass is 32.2. The van der Waals surface area contributed by atoms with Crippen molar-refractivity contribution in [3.05, 3.63) is 24.0 Å². The highest BCUT2D eigenvalue weighted by Gasteiger charge is 2.22. The van der Waals surface area contributed by atoms with Crippen molar-refractivity contribution in [1.29, 1.82) is 0 Å². The summed E-state index contributed by atoms with van der Waals surface area (Å²) in [6.07, 6.45) is 0.875. The van der Waals surface area contributed by atoms with E-state index in [-0.39, 0.29) is 17.6 Å². The van der Waals surface area contributed by atoms with E-state index in [2.05, 4.69) is 25.8 Å². The van der Waals surface area contributed by atoms with Gasteiger partial charge in [-0.1, -0.05) is 38.6 Å². The predicted octanol–water partition coefficient (Wildman–Crippen LogP) is 3.96. The third-order valence-electron chi connectivity index (χ3n) is 3.48. The van der Waals surface area contributed by atoms with Crippen LogP contribution in [0.1, 0.15) is 33.2 Å². The summed E-state index contributed by atoms with van der Waals surface area (Å²) in [7, 11) is 0. The van der Waals surface area contributed by atoms with Gasteiger partial charge in [-0.3, -0.25) is 4.79 Å². The summed E-state index contributed by atoms with van der Waals surface area (Å²) in [5.41, 5.74) is 1.04. The number of rotatable bonds is 6. The van der Waals surface area contributed by atoms with E-state index in [1.807, 2.05) is 10.6 Å². The number of hydrogen-bond acceptors (Lipinski definition) is 3. The number of hydrogen-bond donors (Lipinski definition) is 1. The number of thioether (sulfide) groups is 1. The van der Waals surface area contributed by atoms with Crippen LogP contribution in [0, 0.1) is 11.7 Å². The van der Waals surface area contributed by atoms with Crippen LogP contribution in [0.15, 0.2) is 23.4 Å². The number of benzene rings is 1. The maximum atomic E-state index is 13.9. The van der Waals surface area contributed by atoms with Crippen molar-refractivity contribution >= 4 is 28.8 Å². The molecule has 1 unspecified atom stereocenters. The van der Waals surface area contributed by atoms with E-state index in [0.29, 0.717) is 16.6 Å². The predicted molar refractivity (Wildman–Crippen MR) is 82.2 cm³/mol. The van der Waals surface area contributed by atoms with Gasteiger partial charge in [0.05, 0.1) is 11.3 Å². The lowest BCUT2D eigenvalue weighted by atomic mass is 10.0. The molecule has 2 aromatic rings. The zero-order valence-corrected chi connectivity index (χ0v) is 13.2. The van der Waals surface area contributed by atoms with Gasteiger partial charge in [0.1, 0.15) is 5.52 Å². The Balaban J connectivity index is 2.59. The van der Waals surface area contributed by atoms with Gasteiger partial charge in [-0.25, -0.2) is 9.37 Å². The molecule has 1 atom stereocenters. The maximum absolute atomic E-state index is 13.9. The average molecular weight is 310 g/mol. The minimum Gasteiger partial charge on any atom is -0.481 e. The second-order valence-electron chi connectivity index (χ2n) is 5.27. The second-order valence-corrected chi connectivity index (χ2v) is 6.22. The molecule has 114 valence electrons. The first-order chi connectivity index (χ1) is 9.95. The molecule has 0 amide bonds. The van der Waals surface area contributed by atoms with Gasteiger partial charge < -0.3 is 9.67 Å². The summed E-state index contributed by atoms with van der Waals surface area (Å²) in [5, 5.41) is 9.44. The van der Waals surface area contributed by atoms with Crippen molar-refractivity contribution in [1.82, 2.24) is 9.55 Å². The van der Waals surface area contributed by atoms with Crippen LogP contribution in [-0.2, 0) is 4.79 Å². The Bertz CT molecular complexity index is 654. The van der Waals surface area contributed by atoms with Crippen molar-refractivity contribution in [3.63, 3.8) is 0 Å². The SMILES string of the molecule is CCC(C(C)C)n1c(SCC(=O)O)nc2c(F)cccc21. The van der Waals surface area contributed by atoms with Crippen molar-refractivity contribution < 1.29 is 14.3 Å². The number of para-hydroxylation sites is 1. The molecule has 2 rings (SSSR count). The lowest BCUT2D eigenvalue weighted by molar-refractivity contribution is -0.133. The van der Waals surface area contributed by atoms with Crippen LogP contribution in [0.3, 0.4) is 0 Å². The first-order valence-electron chi connectivity index (χ1n) is 6.96. The summed E-state index contributed by atoms with van der Waals surface area (Å²) >= 11 is 1.14. The number of carbonyl (C=O) groups is 1. The fraction of sp³-hybridized carbons (Fsp3) is 0.467. The monoisotopic (exact) mass is 310 g/mol. The molecule has 1 heterocycles. The van der Waals surface area contributed by atoms with Gasteiger partial charge in [0.25, 0.3) is 0 Å². The first-order valence-corrected chi connectivity index (χ1v) is 7.95. The van der Waals surface area contributed by atoms with Crippen molar-refractivity contribution in [2.45, 2.75) is 38.4 Å². The Morgan fingerprint density at radius 3 is 2.76 bits per heavy atom. The van der Waals surface area contributed by atoms with E-state index in [9.17, 15) is 9.18 Å². The Hall–Kier alpha value is -1.56. The molecule has 0 spiro atoms. The fourth-order valence-corrected chi connectivity index (χ4v) is 3.34. The van der Waals surface area contributed by atoms with Crippen LogP contribution in [0.2, 0.25) is 0 Å². The topological polar surface area (TPSA) is 55.1 Å². The Labute approximate surface area is 127 Å². The van der Waals surface area contributed by atoms with Gasteiger partial charge in [0, 0.05) is 6.04 Å². The number of halogens is 1. The normalized spacial score (nSPS) is 13.0. The number of nitrogens with zero attached hydrogens (tertiary/aromatic N) is 2. The average Bonchev–Trinajstić information content (AvgIpc) is 2.77. The van der Waals surface area contributed by atoms with Crippen LogP contribution in [0.5, 0.6) is 0 Å². The highest BCUT2D eigenvalue weighted by Crippen LogP contribution is 2.33. The number of carboxylic acids is 1. The van der Waals surface area contributed by atoms with Gasteiger partial charge in [0.2, 0.25) is 0 Å². The van der Waals surface area contributed by atoms with E-state index in [0.717, 1.165) is 23.7 Å². The quantitative estimate of drug-likeness (QED) is 0.821. The van der Waals surface area contributed by atoms with Crippen molar-refractivity contribution in [2.75, 3.05) is 5.75 Å². The number of carboxylic acid groups (broad SMARTS) is 1. The fourth-order valence-electron chi connectivity index (χ4n) is 2.56. The minimum atomic E-state index is -0.906. The van der Waals surface area contributed by atoms with Gasteiger partial charge in [-0.15, -0.1) is 0 Å². The minimum absolute atomic E-state index is 0.0839. The number of aliphatic carboxylic acids is 1. The van der Waals surface area contributed by atoms with Gasteiger partial charge >= 0.3 is 5.97 Å². The molecule has 0 bridgehead atoms. The van der Waals surface area contributed by atoms with Crippen LogP contribution >= 0.6 is 11.8 Å². The summed E-state index contributed by atoms with van der Waals surface area (Å²) in [6, 6.07) is 5.03. The van der Waals surface area contributed by atoms with Crippen LogP contribution in [0.25, 0.3) is 11.0 Å². The summed E-state index contributed by atoms with van der Waals surface area (Å²) in [6.45, 7) is 6.28. The van der Waals surface area contributed by atoms with Crippen molar-refractivity contribution in [3.8, 4) is 0 Å². The molecular formula is C15H19FN2O2S. The molecule has 1 aromatic heterocycles. The van der Waals surface area contributed by atoms with Crippen LogP contribution < -0.4 is 0 Å². The molecule has 0 saturated carbocycles. The van der Waals surface area contributed by atoms with Gasteiger partial charge in [-0.05, 0) is 24.5 Å². The summed E-state index contributed by atoms with van der Waals surface area (Å²) in [4.78, 5) is 15.1. The number of aromatic nitrogens is 2. The van der Waals surface area contributed by atoms with E-state index in [1.54, 1.807) is 6.07 Å². The maximum Gasteiger partial charge on any atom is 0.313 e. The first kappa shape index (κ1) is 15.8. The second kappa shape index (κ2) is 6.47. The molecule has 21 heavy (non-hydrogen) atoms. The molecule has 0 aliphatic carbocycles. The Morgan fingerprint density at radius 1 is 1.48 bits per heavy atom.